The van der Waals surface area contributed by atoms with Gasteiger partial charge in [0.1, 0.15) is 11.9 Å². The average molecular weight is 456 g/mol. The van der Waals surface area contributed by atoms with Crippen LogP contribution in [0, 0.1) is 11.7 Å². The molecule has 1 atom stereocenters. The van der Waals surface area contributed by atoms with Crippen LogP contribution >= 0.6 is 0 Å². The fourth-order valence-electron chi connectivity index (χ4n) is 5.39. The van der Waals surface area contributed by atoms with Crippen molar-refractivity contribution in [1.82, 2.24) is 15.1 Å². The van der Waals surface area contributed by atoms with Crippen LogP contribution in [0.15, 0.2) is 12.1 Å². The molecular weight excluding hydrogens is 427 g/mol. The van der Waals surface area contributed by atoms with Crippen LogP contribution in [0.3, 0.4) is 0 Å². The molecule has 3 aliphatic heterocycles. The van der Waals surface area contributed by atoms with Gasteiger partial charge < -0.3 is 4.90 Å². The second-order valence-electron chi connectivity index (χ2n) is 9.37. The second kappa shape index (κ2) is 8.85. The molecule has 33 heavy (non-hydrogen) atoms. The summed E-state index contributed by atoms with van der Waals surface area (Å²) >= 11 is 0. The normalized spacial score (nSPS) is 24.9. The van der Waals surface area contributed by atoms with Gasteiger partial charge in [0.15, 0.2) is 0 Å². The number of carbonyl (C=O) groups excluding carboxylic acids is 4. The number of amides is 4. The van der Waals surface area contributed by atoms with Gasteiger partial charge in [0.05, 0.1) is 16.8 Å². The van der Waals surface area contributed by atoms with E-state index < -0.39 is 35.5 Å². The second-order valence-corrected chi connectivity index (χ2v) is 9.37. The molecule has 0 spiro atoms. The van der Waals surface area contributed by atoms with Crippen LogP contribution in [0.2, 0.25) is 0 Å². The fourth-order valence-corrected chi connectivity index (χ4v) is 5.39. The van der Waals surface area contributed by atoms with Crippen molar-refractivity contribution >= 4 is 29.3 Å². The lowest BCUT2D eigenvalue weighted by atomic mass is 9.89. The van der Waals surface area contributed by atoms with Gasteiger partial charge in [0.2, 0.25) is 11.8 Å². The third-order valence-electron chi connectivity index (χ3n) is 7.23. The first-order chi connectivity index (χ1) is 15.9. The molecule has 1 N–H and O–H groups in total. The maximum Gasteiger partial charge on any atom is 0.262 e. The van der Waals surface area contributed by atoms with Gasteiger partial charge in [-0.25, -0.2) is 4.39 Å². The summed E-state index contributed by atoms with van der Waals surface area (Å²) in [5, 5.41) is 2.17. The zero-order valence-corrected chi connectivity index (χ0v) is 18.6. The minimum Gasteiger partial charge on any atom is -0.367 e. The Bertz CT molecular complexity index is 998. The lowest BCUT2D eigenvalue weighted by Gasteiger charge is -2.38. The smallest absolute Gasteiger partial charge is 0.262 e. The van der Waals surface area contributed by atoms with Crippen LogP contribution in [-0.4, -0.2) is 72.2 Å². The Hall–Kier alpha value is -2.81. The van der Waals surface area contributed by atoms with Gasteiger partial charge in [-0.3, -0.25) is 34.3 Å². The van der Waals surface area contributed by atoms with Gasteiger partial charge >= 0.3 is 0 Å². The van der Waals surface area contributed by atoms with E-state index in [1.165, 1.54) is 38.2 Å². The van der Waals surface area contributed by atoms with Gasteiger partial charge in [-0.15, -0.1) is 0 Å². The highest BCUT2D eigenvalue weighted by atomic mass is 19.1. The van der Waals surface area contributed by atoms with Crippen LogP contribution in [-0.2, 0) is 9.59 Å². The number of imide groups is 2. The molecule has 0 aromatic heterocycles. The maximum atomic E-state index is 15.0. The number of nitrogens with zero attached hydrogens (tertiary/aromatic N) is 3. The van der Waals surface area contributed by atoms with Crippen LogP contribution in [0.1, 0.15) is 65.7 Å². The van der Waals surface area contributed by atoms with E-state index in [2.05, 4.69) is 10.2 Å². The highest BCUT2D eigenvalue weighted by Gasteiger charge is 2.45. The minimum absolute atomic E-state index is 0.0294. The number of rotatable bonds is 4. The van der Waals surface area contributed by atoms with E-state index in [1.807, 2.05) is 4.90 Å². The Labute approximate surface area is 192 Å². The molecule has 2 saturated heterocycles. The molecule has 1 aromatic rings. The topological polar surface area (TPSA) is 90.0 Å². The van der Waals surface area contributed by atoms with Gasteiger partial charge in [-0.2, -0.15) is 0 Å². The monoisotopic (exact) mass is 455 g/mol. The zero-order valence-electron chi connectivity index (χ0n) is 18.6. The molecule has 0 bridgehead atoms. The number of anilines is 1. The van der Waals surface area contributed by atoms with Crippen molar-refractivity contribution in [2.24, 2.45) is 0 Å². The number of piperazine rings is 1. The molecule has 3 heterocycles. The Balaban J connectivity index is 1.29. The number of nitrogens with one attached hydrogen (secondary N) is 1. The SMILES string of the molecule is O=C1CCC(N2C(=O)c3cc(F)c(N4CCN(C[C]5CCCCC5)CC4)cc3C2=O)C(=O)N1. The Morgan fingerprint density at radius 1 is 0.879 bits per heavy atom. The van der Waals surface area contributed by atoms with Gasteiger partial charge in [0.25, 0.3) is 11.8 Å². The molecule has 9 heteroatoms. The predicted molar refractivity (Wildman–Crippen MR) is 118 cm³/mol. The van der Waals surface area contributed by atoms with E-state index >= 15 is 4.39 Å². The number of fused-ring (bicyclic) bond motifs is 1. The maximum absolute atomic E-state index is 15.0. The van der Waals surface area contributed by atoms with Crippen LogP contribution < -0.4 is 10.2 Å². The first kappa shape index (κ1) is 22.0. The van der Waals surface area contributed by atoms with Crippen molar-refractivity contribution < 1.29 is 23.6 Å². The summed E-state index contributed by atoms with van der Waals surface area (Å²) in [5.41, 5.74) is 0.393. The molecule has 4 aliphatic rings. The minimum atomic E-state index is -1.05. The lowest BCUT2D eigenvalue weighted by molar-refractivity contribution is -0.136. The summed E-state index contributed by atoms with van der Waals surface area (Å²) in [6.07, 6.45) is 6.41. The van der Waals surface area contributed by atoms with E-state index in [9.17, 15) is 19.2 Å². The summed E-state index contributed by atoms with van der Waals surface area (Å²) in [6, 6.07) is 1.51. The molecule has 4 amide bonds. The molecule has 1 aromatic carbocycles. The molecule has 175 valence electrons. The van der Waals surface area contributed by atoms with Crippen molar-refractivity contribution in [3.63, 3.8) is 0 Å². The Morgan fingerprint density at radius 3 is 2.21 bits per heavy atom. The summed E-state index contributed by atoms with van der Waals surface area (Å²) < 4.78 is 15.0. The van der Waals surface area contributed by atoms with Crippen molar-refractivity contribution in [1.29, 1.82) is 0 Å². The third-order valence-corrected chi connectivity index (χ3v) is 7.23. The number of hydrogen-bond donors (Lipinski definition) is 1. The van der Waals surface area contributed by atoms with Crippen molar-refractivity contribution in [2.75, 3.05) is 37.6 Å². The summed E-state index contributed by atoms with van der Waals surface area (Å²) in [7, 11) is 0. The fraction of sp³-hybridized carbons (Fsp3) is 0.542. The number of hydrogen-bond acceptors (Lipinski definition) is 6. The summed E-state index contributed by atoms with van der Waals surface area (Å²) in [4.78, 5) is 54.7. The molecule has 1 saturated carbocycles. The van der Waals surface area contributed by atoms with Crippen molar-refractivity contribution in [3.8, 4) is 0 Å². The number of carbonyl (C=O) groups is 4. The highest BCUT2D eigenvalue weighted by molar-refractivity contribution is 6.23. The molecule has 1 unspecified atom stereocenters. The van der Waals surface area contributed by atoms with Crippen LogP contribution in [0.25, 0.3) is 0 Å². The summed E-state index contributed by atoms with van der Waals surface area (Å²) in [5.74, 6) is -1.34. The molecule has 5 rings (SSSR count). The van der Waals surface area contributed by atoms with E-state index in [0.29, 0.717) is 18.8 Å². The summed E-state index contributed by atoms with van der Waals surface area (Å²) in [6.45, 7) is 3.92. The van der Waals surface area contributed by atoms with Gasteiger partial charge in [-0.1, -0.05) is 19.3 Å². The third kappa shape index (κ3) is 4.14. The number of piperidine rings is 1. The van der Waals surface area contributed by atoms with Crippen molar-refractivity contribution in [2.45, 2.75) is 51.0 Å². The van der Waals surface area contributed by atoms with E-state index in [-0.39, 0.29) is 24.0 Å². The Morgan fingerprint density at radius 2 is 1.55 bits per heavy atom. The number of halogens is 1. The van der Waals surface area contributed by atoms with Crippen LogP contribution in [0.5, 0.6) is 0 Å². The van der Waals surface area contributed by atoms with Gasteiger partial charge in [0, 0.05) is 39.1 Å². The van der Waals surface area contributed by atoms with Crippen molar-refractivity contribution in [3.05, 3.63) is 35.0 Å². The lowest BCUT2D eigenvalue weighted by Crippen LogP contribution is -2.54. The molecule has 1 aliphatic carbocycles. The quantitative estimate of drug-likeness (QED) is 0.698. The van der Waals surface area contributed by atoms with Crippen LogP contribution in [0.4, 0.5) is 10.1 Å². The van der Waals surface area contributed by atoms with E-state index in [0.717, 1.165) is 30.6 Å². The average Bonchev–Trinajstić information content (AvgIpc) is 3.04. The van der Waals surface area contributed by atoms with E-state index in [4.69, 9.17) is 0 Å². The molecule has 8 nitrogen and oxygen atoms in total. The largest absolute Gasteiger partial charge is 0.367 e. The highest BCUT2D eigenvalue weighted by Crippen LogP contribution is 2.33. The van der Waals surface area contributed by atoms with Gasteiger partial charge in [-0.05, 0) is 37.3 Å². The predicted octanol–water partition coefficient (Wildman–Crippen LogP) is 1.89. The molecule has 3 fully saturated rings. The Kier molecular flexibility index (Phi) is 5.90. The first-order valence-electron chi connectivity index (χ1n) is 11.8. The molecular formula is C24H28FN4O4. The zero-order chi connectivity index (χ0) is 23.1. The first-order valence-corrected chi connectivity index (χ1v) is 11.8. The van der Waals surface area contributed by atoms with E-state index in [1.54, 1.807) is 5.92 Å². The standard InChI is InChI=1S/C24H28FN4O4/c25-18-12-16-17(24(33)29(23(16)32)19-6-7-21(30)26-22(19)31)13-20(18)28-10-8-27(9-11-28)14-15-4-2-1-3-5-15/h12-13,19H,1-11,14H2,(H,26,30,31). The molecule has 1 radical (unpaired) electrons. The number of benzene rings is 1.